The zero-order valence-corrected chi connectivity index (χ0v) is 10.5. The number of halogens is 1. The Hall–Kier alpha value is -1.94. The minimum absolute atomic E-state index is 0.00553. The van der Waals surface area contributed by atoms with Gasteiger partial charge in [0.2, 0.25) is 0 Å². The van der Waals surface area contributed by atoms with E-state index in [1.165, 1.54) is 12.4 Å². The number of carbonyl (C=O) groups is 1. The van der Waals surface area contributed by atoms with Crippen molar-refractivity contribution >= 4 is 17.4 Å². The molecule has 0 spiro atoms. The van der Waals surface area contributed by atoms with Crippen molar-refractivity contribution in [3.63, 3.8) is 0 Å². The Morgan fingerprint density at radius 1 is 1.28 bits per heavy atom. The van der Waals surface area contributed by atoms with Gasteiger partial charge >= 0.3 is 0 Å². The predicted molar refractivity (Wildman–Crippen MR) is 68.2 cm³/mol. The Morgan fingerprint density at radius 2 is 2.11 bits per heavy atom. The number of ketones is 1. The van der Waals surface area contributed by atoms with Gasteiger partial charge in [-0.25, -0.2) is 4.98 Å². The topological polar surface area (TPSA) is 52.1 Å². The normalized spacial score (nSPS) is 10.1. The molecule has 0 radical (unpaired) electrons. The van der Waals surface area contributed by atoms with Gasteiger partial charge in [0.15, 0.2) is 5.78 Å². The molecule has 0 bridgehead atoms. The number of carbonyl (C=O) groups excluding carboxylic acids is 1. The minimum atomic E-state index is 0.00553. The molecule has 4 nitrogen and oxygen atoms in total. The molecular formula is C13H11ClN2O2. The molecule has 92 valence electrons. The van der Waals surface area contributed by atoms with E-state index in [1.807, 2.05) is 0 Å². The molecule has 2 heterocycles. The monoisotopic (exact) mass is 262 g/mol. The maximum Gasteiger partial charge on any atom is 0.180 e. The molecule has 0 saturated carbocycles. The first-order valence-corrected chi connectivity index (χ1v) is 5.84. The number of hydrogen-bond acceptors (Lipinski definition) is 4. The van der Waals surface area contributed by atoms with Gasteiger partial charge in [-0.3, -0.25) is 9.78 Å². The van der Waals surface area contributed by atoms with Crippen LogP contribution < -0.4 is 4.74 Å². The zero-order chi connectivity index (χ0) is 13.0. The van der Waals surface area contributed by atoms with E-state index in [2.05, 4.69) is 9.97 Å². The lowest BCUT2D eigenvalue weighted by molar-refractivity contribution is 0.0983. The van der Waals surface area contributed by atoms with E-state index >= 15 is 0 Å². The van der Waals surface area contributed by atoms with E-state index < -0.39 is 0 Å². The molecule has 0 unspecified atom stereocenters. The lowest BCUT2D eigenvalue weighted by Crippen LogP contribution is -1.99. The van der Waals surface area contributed by atoms with E-state index in [-0.39, 0.29) is 5.78 Å². The van der Waals surface area contributed by atoms with Crippen LogP contribution in [0, 0.1) is 0 Å². The second-order valence-electron chi connectivity index (χ2n) is 3.60. The van der Waals surface area contributed by atoms with Gasteiger partial charge in [0.25, 0.3) is 0 Å². The number of hydrogen-bond donors (Lipinski definition) is 0. The molecule has 2 aromatic heterocycles. The van der Waals surface area contributed by atoms with Crippen LogP contribution in [0.4, 0.5) is 0 Å². The SMILES string of the molecule is CCC(=O)c1ccc(Oc2cncc(Cl)c2)cn1. The van der Waals surface area contributed by atoms with Gasteiger partial charge in [-0.05, 0) is 12.1 Å². The fourth-order valence-corrected chi connectivity index (χ4v) is 1.53. The highest BCUT2D eigenvalue weighted by Gasteiger charge is 2.05. The molecule has 0 fully saturated rings. The van der Waals surface area contributed by atoms with E-state index in [0.29, 0.717) is 28.6 Å². The number of pyridine rings is 2. The van der Waals surface area contributed by atoms with E-state index in [0.717, 1.165) is 0 Å². The van der Waals surface area contributed by atoms with Crippen LogP contribution in [0.2, 0.25) is 5.02 Å². The third-order valence-corrected chi connectivity index (χ3v) is 2.47. The number of nitrogens with zero attached hydrogens (tertiary/aromatic N) is 2. The summed E-state index contributed by atoms with van der Waals surface area (Å²) >= 11 is 5.79. The second kappa shape index (κ2) is 5.60. The van der Waals surface area contributed by atoms with E-state index in [4.69, 9.17) is 16.3 Å². The highest BCUT2D eigenvalue weighted by molar-refractivity contribution is 6.30. The average Bonchev–Trinajstić information content (AvgIpc) is 2.39. The molecular weight excluding hydrogens is 252 g/mol. The maximum atomic E-state index is 11.4. The summed E-state index contributed by atoms with van der Waals surface area (Å²) in [5.41, 5.74) is 0.439. The Kier molecular flexibility index (Phi) is 3.89. The van der Waals surface area contributed by atoms with E-state index in [9.17, 15) is 4.79 Å². The minimum Gasteiger partial charge on any atom is -0.454 e. The van der Waals surface area contributed by atoms with Gasteiger partial charge in [0, 0.05) is 18.7 Å². The number of ether oxygens (including phenoxy) is 1. The van der Waals surface area contributed by atoms with Crippen LogP contribution in [0.5, 0.6) is 11.5 Å². The molecule has 18 heavy (non-hydrogen) atoms. The summed E-state index contributed by atoms with van der Waals surface area (Å²) in [6.45, 7) is 1.80. The predicted octanol–water partition coefficient (Wildman–Crippen LogP) is 3.52. The zero-order valence-electron chi connectivity index (χ0n) is 9.76. The molecule has 0 amide bonds. The lowest BCUT2D eigenvalue weighted by atomic mass is 10.2. The molecule has 0 aromatic carbocycles. The molecule has 0 saturated heterocycles. The standard InChI is InChI=1S/C13H11ClN2O2/c1-2-13(17)12-4-3-10(8-16-12)18-11-5-9(14)6-15-7-11/h3-8H,2H2,1H3. The van der Waals surface area contributed by atoms with Crippen molar-refractivity contribution < 1.29 is 9.53 Å². The van der Waals surface area contributed by atoms with Crippen molar-refractivity contribution in [1.82, 2.24) is 9.97 Å². The van der Waals surface area contributed by atoms with Crippen LogP contribution >= 0.6 is 11.6 Å². The number of rotatable bonds is 4. The molecule has 2 rings (SSSR count). The summed E-state index contributed by atoms with van der Waals surface area (Å²) in [5.74, 6) is 1.07. The van der Waals surface area contributed by atoms with Gasteiger partial charge in [-0.1, -0.05) is 18.5 Å². The van der Waals surface area contributed by atoms with Crippen LogP contribution in [-0.4, -0.2) is 15.8 Å². The van der Waals surface area contributed by atoms with Crippen molar-refractivity contribution in [3.05, 3.63) is 47.5 Å². The average molecular weight is 263 g/mol. The second-order valence-corrected chi connectivity index (χ2v) is 4.03. The van der Waals surface area contributed by atoms with E-state index in [1.54, 1.807) is 31.3 Å². The summed E-state index contributed by atoms with van der Waals surface area (Å²) in [5, 5.41) is 0.498. The molecule has 0 aliphatic heterocycles. The summed E-state index contributed by atoms with van der Waals surface area (Å²) in [7, 11) is 0. The smallest absolute Gasteiger partial charge is 0.180 e. The fraction of sp³-hybridized carbons (Fsp3) is 0.154. The lowest BCUT2D eigenvalue weighted by Gasteiger charge is -2.05. The highest BCUT2D eigenvalue weighted by Crippen LogP contribution is 2.22. The number of aromatic nitrogens is 2. The Balaban J connectivity index is 2.13. The largest absolute Gasteiger partial charge is 0.454 e. The van der Waals surface area contributed by atoms with Crippen molar-refractivity contribution in [3.8, 4) is 11.5 Å². The first-order chi connectivity index (χ1) is 8.69. The van der Waals surface area contributed by atoms with Crippen LogP contribution in [0.3, 0.4) is 0 Å². The first kappa shape index (κ1) is 12.5. The van der Waals surface area contributed by atoms with Gasteiger partial charge in [-0.2, -0.15) is 0 Å². The highest BCUT2D eigenvalue weighted by atomic mass is 35.5. The van der Waals surface area contributed by atoms with Crippen molar-refractivity contribution in [2.24, 2.45) is 0 Å². The van der Waals surface area contributed by atoms with Gasteiger partial charge in [-0.15, -0.1) is 0 Å². The van der Waals surface area contributed by atoms with Crippen LogP contribution in [0.25, 0.3) is 0 Å². The van der Waals surface area contributed by atoms with Gasteiger partial charge in [0.05, 0.1) is 17.4 Å². The Labute approximate surface area is 110 Å². The molecule has 0 aliphatic carbocycles. The van der Waals surface area contributed by atoms with Gasteiger partial charge < -0.3 is 4.74 Å². The molecule has 0 atom stereocenters. The van der Waals surface area contributed by atoms with Crippen molar-refractivity contribution in [1.29, 1.82) is 0 Å². The maximum absolute atomic E-state index is 11.4. The molecule has 2 aromatic rings. The third kappa shape index (κ3) is 3.05. The summed E-state index contributed by atoms with van der Waals surface area (Å²) in [4.78, 5) is 19.3. The summed E-state index contributed by atoms with van der Waals surface area (Å²) in [6, 6.07) is 4.98. The fourth-order valence-electron chi connectivity index (χ4n) is 1.37. The third-order valence-electron chi connectivity index (χ3n) is 2.26. The Bertz CT molecular complexity index is 555. The van der Waals surface area contributed by atoms with Crippen molar-refractivity contribution in [2.45, 2.75) is 13.3 Å². The molecule has 5 heteroatoms. The van der Waals surface area contributed by atoms with Crippen LogP contribution in [0.1, 0.15) is 23.8 Å². The molecule has 0 N–H and O–H groups in total. The quantitative estimate of drug-likeness (QED) is 0.791. The molecule has 0 aliphatic rings. The Morgan fingerprint density at radius 3 is 2.72 bits per heavy atom. The number of Topliss-reactive ketones (excluding diaryl/α,β-unsaturated/α-hetero) is 1. The first-order valence-electron chi connectivity index (χ1n) is 5.46. The summed E-state index contributed by atoms with van der Waals surface area (Å²) < 4.78 is 5.51. The summed E-state index contributed by atoms with van der Waals surface area (Å²) in [6.07, 6.45) is 5.02. The van der Waals surface area contributed by atoms with Crippen LogP contribution in [-0.2, 0) is 0 Å². The van der Waals surface area contributed by atoms with Gasteiger partial charge in [0.1, 0.15) is 17.2 Å². The van der Waals surface area contributed by atoms with Crippen LogP contribution in [0.15, 0.2) is 36.8 Å². The van der Waals surface area contributed by atoms with Crippen molar-refractivity contribution in [2.75, 3.05) is 0 Å².